The third kappa shape index (κ3) is 3.63. The summed E-state index contributed by atoms with van der Waals surface area (Å²) in [5.74, 6) is -1.14. The fourth-order valence-electron chi connectivity index (χ4n) is 0.867. The zero-order valence-electron chi connectivity index (χ0n) is 8.42. The van der Waals surface area contributed by atoms with Crippen LogP contribution in [-0.2, 0) is 16.2 Å². The van der Waals surface area contributed by atoms with E-state index < -0.39 is 11.8 Å². The molecular weight excluding hydrogens is 216 g/mol. The Morgan fingerprint density at radius 2 is 2.31 bits per heavy atom. The molecule has 0 aliphatic carbocycles. The Labute approximate surface area is 90.7 Å². The number of amides is 2. The molecular formula is C7H12N6O3. The molecule has 0 unspecified atom stereocenters. The van der Waals surface area contributed by atoms with E-state index in [0.717, 1.165) is 4.68 Å². The normalized spacial score (nSPS) is 10.1. The monoisotopic (exact) mass is 228 g/mol. The first kappa shape index (κ1) is 12.1. The number of hydroxylamine groups is 1. The van der Waals surface area contributed by atoms with Gasteiger partial charge in [0.1, 0.15) is 6.54 Å². The molecule has 5 N–H and O–H groups in total. The van der Waals surface area contributed by atoms with Crippen LogP contribution in [0.4, 0.5) is 0 Å². The first-order chi connectivity index (χ1) is 7.63. The summed E-state index contributed by atoms with van der Waals surface area (Å²) in [7, 11) is 0. The molecule has 0 saturated carbocycles. The van der Waals surface area contributed by atoms with Crippen LogP contribution >= 0.6 is 0 Å². The third-order valence-corrected chi connectivity index (χ3v) is 1.47. The van der Waals surface area contributed by atoms with Gasteiger partial charge in [-0.3, -0.25) is 14.4 Å². The van der Waals surface area contributed by atoms with Gasteiger partial charge in [-0.2, -0.15) is 0 Å². The van der Waals surface area contributed by atoms with E-state index in [2.05, 4.69) is 15.8 Å². The molecule has 1 heterocycles. The highest BCUT2D eigenvalue weighted by molar-refractivity contribution is 5.91. The molecule has 1 aromatic rings. The van der Waals surface area contributed by atoms with Crippen LogP contribution in [0.25, 0.3) is 0 Å². The number of carbonyl (C=O) groups excluding carboxylic acids is 2. The van der Waals surface area contributed by atoms with Gasteiger partial charge in [-0.05, 0) is 0 Å². The summed E-state index contributed by atoms with van der Waals surface area (Å²) in [5, 5.41) is 7.06. The number of nitrogens with zero attached hydrogens (tertiary/aromatic N) is 3. The highest BCUT2D eigenvalue weighted by atomic mass is 16.6. The molecule has 0 atom stereocenters. The Kier molecular flexibility index (Phi) is 4.36. The summed E-state index contributed by atoms with van der Waals surface area (Å²) < 4.78 is 1.15. The Bertz CT molecular complexity index is 376. The quantitative estimate of drug-likeness (QED) is 0.360. The average molecular weight is 228 g/mol. The van der Waals surface area contributed by atoms with E-state index in [1.807, 2.05) is 0 Å². The second kappa shape index (κ2) is 5.78. The van der Waals surface area contributed by atoms with Crippen LogP contribution in [0.3, 0.4) is 0 Å². The van der Waals surface area contributed by atoms with Gasteiger partial charge in [0, 0.05) is 6.54 Å². The number of hydrogen-bond acceptors (Lipinski definition) is 6. The second-order valence-electron chi connectivity index (χ2n) is 2.84. The predicted octanol–water partition coefficient (Wildman–Crippen LogP) is -2.62. The SMILES string of the molecule is NCCONC(=O)c1cn(CC(N)=O)nn1. The molecule has 1 aromatic heterocycles. The molecule has 0 aromatic carbocycles. The van der Waals surface area contributed by atoms with Crippen LogP contribution in [0.15, 0.2) is 6.20 Å². The number of hydrogen-bond donors (Lipinski definition) is 3. The van der Waals surface area contributed by atoms with Crippen molar-refractivity contribution < 1.29 is 14.4 Å². The minimum Gasteiger partial charge on any atom is -0.368 e. The predicted molar refractivity (Wildman–Crippen MR) is 51.7 cm³/mol. The maximum absolute atomic E-state index is 11.3. The molecule has 0 spiro atoms. The summed E-state index contributed by atoms with van der Waals surface area (Å²) in [5.41, 5.74) is 12.2. The van der Waals surface area contributed by atoms with Crippen LogP contribution < -0.4 is 16.9 Å². The van der Waals surface area contributed by atoms with Crippen LogP contribution in [-0.4, -0.2) is 40.0 Å². The maximum atomic E-state index is 11.3. The van der Waals surface area contributed by atoms with E-state index in [4.69, 9.17) is 16.3 Å². The van der Waals surface area contributed by atoms with Crippen LogP contribution in [0, 0.1) is 0 Å². The highest BCUT2D eigenvalue weighted by Gasteiger charge is 2.11. The minimum atomic E-state index is -0.573. The van der Waals surface area contributed by atoms with Gasteiger partial charge in [-0.25, -0.2) is 10.2 Å². The Morgan fingerprint density at radius 1 is 1.56 bits per heavy atom. The minimum absolute atomic E-state index is 0.0262. The summed E-state index contributed by atoms with van der Waals surface area (Å²) in [6, 6.07) is 0. The Balaban J connectivity index is 2.49. The van der Waals surface area contributed by atoms with Gasteiger partial charge in [-0.1, -0.05) is 5.21 Å². The lowest BCUT2D eigenvalue weighted by Gasteiger charge is -2.00. The molecule has 2 amide bonds. The van der Waals surface area contributed by atoms with Crippen LogP contribution in [0.5, 0.6) is 0 Å². The van der Waals surface area contributed by atoms with Crippen molar-refractivity contribution in [3.8, 4) is 0 Å². The van der Waals surface area contributed by atoms with Crippen LogP contribution in [0.1, 0.15) is 10.5 Å². The van der Waals surface area contributed by atoms with Crippen molar-refractivity contribution in [1.29, 1.82) is 0 Å². The van der Waals surface area contributed by atoms with E-state index in [1.54, 1.807) is 0 Å². The van der Waals surface area contributed by atoms with Gasteiger partial charge in [0.05, 0.1) is 12.8 Å². The van der Waals surface area contributed by atoms with E-state index in [-0.39, 0.29) is 25.4 Å². The van der Waals surface area contributed by atoms with E-state index in [9.17, 15) is 9.59 Å². The summed E-state index contributed by atoms with van der Waals surface area (Å²) >= 11 is 0. The first-order valence-electron chi connectivity index (χ1n) is 4.44. The number of nitrogens with one attached hydrogen (secondary N) is 1. The van der Waals surface area contributed by atoms with Crippen molar-refractivity contribution in [3.05, 3.63) is 11.9 Å². The molecule has 9 heteroatoms. The fraction of sp³-hybridized carbons (Fsp3) is 0.429. The van der Waals surface area contributed by atoms with Crippen molar-refractivity contribution >= 4 is 11.8 Å². The molecule has 1 rings (SSSR count). The highest BCUT2D eigenvalue weighted by Crippen LogP contribution is 1.92. The van der Waals surface area contributed by atoms with E-state index in [1.165, 1.54) is 6.20 Å². The lowest BCUT2D eigenvalue weighted by molar-refractivity contribution is -0.118. The van der Waals surface area contributed by atoms with Crippen molar-refractivity contribution in [2.45, 2.75) is 6.54 Å². The standard InChI is InChI=1S/C7H12N6O3/c8-1-2-16-11-7(15)5-3-13(12-10-5)4-6(9)14/h3H,1-2,4,8H2,(H2,9,14)(H,11,15). The number of carbonyl (C=O) groups is 2. The molecule has 0 radical (unpaired) electrons. The topological polar surface area (TPSA) is 138 Å². The lowest BCUT2D eigenvalue weighted by atomic mass is 10.4. The van der Waals surface area contributed by atoms with Crippen molar-refractivity contribution in [1.82, 2.24) is 20.5 Å². The molecule has 9 nitrogen and oxygen atoms in total. The number of rotatable bonds is 6. The van der Waals surface area contributed by atoms with Crippen LogP contribution in [0.2, 0.25) is 0 Å². The average Bonchev–Trinajstić information content (AvgIpc) is 2.65. The number of primary amides is 1. The van der Waals surface area contributed by atoms with E-state index in [0.29, 0.717) is 0 Å². The van der Waals surface area contributed by atoms with Gasteiger partial charge < -0.3 is 11.5 Å². The van der Waals surface area contributed by atoms with Crippen molar-refractivity contribution in [2.75, 3.05) is 13.2 Å². The summed E-state index contributed by atoms with van der Waals surface area (Å²) in [6.45, 7) is 0.347. The number of nitrogens with two attached hydrogens (primary N) is 2. The zero-order valence-corrected chi connectivity index (χ0v) is 8.42. The molecule has 16 heavy (non-hydrogen) atoms. The second-order valence-corrected chi connectivity index (χ2v) is 2.84. The molecule has 88 valence electrons. The van der Waals surface area contributed by atoms with Gasteiger partial charge >= 0.3 is 0 Å². The van der Waals surface area contributed by atoms with E-state index >= 15 is 0 Å². The smallest absolute Gasteiger partial charge is 0.296 e. The van der Waals surface area contributed by atoms with Crippen molar-refractivity contribution in [3.63, 3.8) is 0 Å². The third-order valence-electron chi connectivity index (χ3n) is 1.47. The largest absolute Gasteiger partial charge is 0.368 e. The maximum Gasteiger partial charge on any atom is 0.296 e. The molecule has 0 aliphatic rings. The van der Waals surface area contributed by atoms with Gasteiger partial charge in [0.25, 0.3) is 5.91 Å². The zero-order chi connectivity index (χ0) is 12.0. The van der Waals surface area contributed by atoms with Gasteiger partial charge in [0.2, 0.25) is 5.91 Å². The molecule has 0 fully saturated rings. The lowest BCUT2D eigenvalue weighted by Crippen LogP contribution is -2.26. The summed E-state index contributed by atoms with van der Waals surface area (Å²) in [4.78, 5) is 26.6. The molecule has 0 saturated heterocycles. The van der Waals surface area contributed by atoms with Gasteiger partial charge in [-0.15, -0.1) is 5.10 Å². The van der Waals surface area contributed by atoms with Crippen molar-refractivity contribution in [2.24, 2.45) is 11.5 Å². The Hall–Kier alpha value is -2.00. The molecule has 0 aliphatic heterocycles. The fourth-order valence-corrected chi connectivity index (χ4v) is 0.867. The summed E-state index contributed by atoms with van der Waals surface area (Å²) in [6.07, 6.45) is 1.28. The first-order valence-corrected chi connectivity index (χ1v) is 4.44. The van der Waals surface area contributed by atoms with Gasteiger partial charge in [0.15, 0.2) is 5.69 Å². The molecule has 0 bridgehead atoms. The Morgan fingerprint density at radius 3 is 2.94 bits per heavy atom. The number of aromatic nitrogens is 3.